The van der Waals surface area contributed by atoms with Crippen LogP contribution < -0.4 is 9.46 Å². The quantitative estimate of drug-likeness (QED) is 0.505. The molecule has 0 aliphatic carbocycles. The van der Waals surface area contributed by atoms with Crippen molar-refractivity contribution in [1.29, 1.82) is 5.26 Å². The number of benzene rings is 1. The fraction of sp³-hybridized carbons (Fsp3) is 0.333. The molecule has 0 spiro atoms. The standard InChI is InChI=1S/C21H24N6O3S/c1-15(2)17-8-4-5-9-18(17)19-12-20(30-11-7-6-10-22)25-21(24-19)26-31(28,29)16-13-23-27(3)14-16/h4-5,8-9,12-15H,6-7,11H2,1-3H3,(H,24,25,26). The number of ether oxygens (including phenoxy) is 1. The molecule has 0 radical (unpaired) electrons. The van der Waals surface area contributed by atoms with Gasteiger partial charge >= 0.3 is 0 Å². The summed E-state index contributed by atoms with van der Waals surface area (Å²) < 4.78 is 34.9. The summed E-state index contributed by atoms with van der Waals surface area (Å²) in [5, 5.41) is 12.6. The molecule has 3 aromatic rings. The lowest BCUT2D eigenvalue weighted by molar-refractivity contribution is 0.301. The Labute approximate surface area is 181 Å². The van der Waals surface area contributed by atoms with Gasteiger partial charge in [0.15, 0.2) is 0 Å². The molecule has 31 heavy (non-hydrogen) atoms. The van der Waals surface area contributed by atoms with Crippen LogP contribution in [0.1, 0.15) is 38.2 Å². The van der Waals surface area contributed by atoms with Crippen molar-refractivity contribution in [3.63, 3.8) is 0 Å². The molecular formula is C21H24N6O3S. The van der Waals surface area contributed by atoms with Gasteiger partial charge in [0.05, 0.1) is 24.6 Å². The number of sulfonamides is 1. The molecule has 2 aromatic heterocycles. The Kier molecular flexibility index (Phi) is 6.87. The lowest BCUT2D eigenvalue weighted by Crippen LogP contribution is -2.15. The van der Waals surface area contributed by atoms with Gasteiger partial charge in [0, 0.05) is 31.3 Å². The van der Waals surface area contributed by atoms with E-state index in [0.29, 0.717) is 18.5 Å². The molecular weight excluding hydrogens is 416 g/mol. The summed E-state index contributed by atoms with van der Waals surface area (Å²) in [4.78, 5) is 8.67. The predicted molar refractivity (Wildman–Crippen MR) is 116 cm³/mol. The van der Waals surface area contributed by atoms with E-state index in [1.807, 2.05) is 24.3 Å². The summed E-state index contributed by atoms with van der Waals surface area (Å²) in [5.74, 6) is 0.363. The van der Waals surface area contributed by atoms with Crippen molar-refractivity contribution in [2.75, 3.05) is 11.3 Å². The second-order valence-electron chi connectivity index (χ2n) is 7.22. The molecule has 0 amide bonds. The first kappa shape index (κ1) is 22.2. The van der Waals surface area contributed by atoms with Crippen molar-refractivity contribution in [1.82, 2.24) is 19.7 Å². The summed E-state index contributed by atoms with van der Waals surface area (Å²) >= 11 is 0. The van der Waals surface area contributed by atoms with E-state index in [1.165, 1.54) is 17.1 Å². The van der Waals surface area contributed by atoms with Crippen LogP contribution in [0.2, 0.25) is 0 Å². The summed E-state index contributed by atoms with van der Waals surface area (Å²) in [6.45, 7) is 4.43. The molecule has 1 aromatic carbocycles. The minimum absolute atomic E-state index is 0.00284. The third-order valence-corrected chi connectivity index (χ3v) is 5.74. The third-order valence-electron chi connectivity index (χ3n) is 4.46. The Hall–Kier alpha value is -3.45. The topological polar surface area (TPSA) is 123 Å². The van der Waals surface area contributed by atoms with E-state index in [2.05, 4.69) is 39.7 Å². The highest BCUT2D eigenvalue weighted by Gasteiger charge is 2.20. The van der Waals surface area contributed by atoms with Gasteiger partial charge in [0.1, 0.15) is 4.90 Å². The smallest absolute Gasteiger partial charge is 0.267 e. The van der Waals surface area contributed by atoms with Crippen molar-refractivity contribution in [2.45, 2.75) is 37.5 Å². The number of rotatable bonds is 9. The number of hydrogen-bond donors (Lipinski definition) is 1. The average Bonchev–Trinajstić information content (AvgIpc) is 3.18. The van der Waals surface area contributed by atoms with Crippen molar-refractivity contribution < 1.29 is 13.2 Å². The van der Waals surface area contributed by atoms with Gasteiger partial charge in [-0.05, 0) is 17.9 Å². The number of nitriles is 1. The maximum absolute atomic E-state index is 12.7. The summed E-state index contributed by atoms with van der Waals surface area (Å²) in [5.41, 5.74) is 2.47. The Morgan fingerprint density at radius 2 is 2.03 bits per heavy atom. The normalized spacial score (nSPS) is 11.3. The van der Waals surface area contributed by atoms with E-state index in [4.69, 9.17) is 10.00 Å². The van der Waals surface area contributed by atoms with E-state index >= 15 is 0 Å². The van der Waals surface area contributed by atoms with Gasteiger partial charge in [0.2, 0.25) is 11.8 Å². The molecule has 0 unspecified atom stereocenters. The van der Waals surface area contributed by atoms with Crippen LogP contribution in [0, 0.1) is 11.3 Å². The first-order chi connectivity index (χ1) is 14.8. The summed E-state index contributed by atoms with van der Waals surface area (Å²) in [7, 11) is -2.29. The van der Waals surface area contributed by atoms with Crippen LogP contribution in [-0.4, -0.2) is 34.8 Å². The number of aryl methyl sites for hydroxylation is 1. The molecule has 0 aliphatic heterocycles. The van der Waals surface area contributed by atoms with Crippen LogP contribution in [0.25, 0.3) is 11.3 Å². The SMILES string of the molecule is CC(C)c1ccccc1-c1cc(OCCCC#N)nc(NS(=O)(=O)c2cnn(C)c2)n1. The Morgan fingerprint density at radius 3 is 2.71 bits per heavy atom. The van der Waals surface area contributed by atoms with Crippen LogP contribution in [0.3, 0.4) is 0 Å². The van der Waals surface area contributed by atoms with Gasteiger partial charge in [-0.15, -0.1) is 0 Å². The largest absolute Gasteiger partial charge is 0.477 e. The van der Waals surface area contributed by atoms with Crippen molar-refractivity contribution in [3.8, 4) is 23.2 Å². The number of hydrogen-bond acceptors (Lipinski definition) is 7. The summed E-state index contributed by atoms with van der Waals surface area (Å²) in [6.07, 6.45) is 3.53. The lowest BCUT2D eigenvalue weighted by atomic mass is 9.95. The van der Waals surface area contributed by atoms with E-state index in [0.717, 1.165) is 11.1 Å². The third kappa shape index (κ3) is 5.58. The van der Waals surface area contributed by atoms with Gasteiger partial charge in [-0.25, -0.2) is 18.1 Å². The van der Waals surface area contributed by atoms with E-state index < -0.39 is 10.0 Å². The van der Waals surface area contributed by atoms with Crippen LogP contribution in [-0.2, 0) is 17.1 Å². The molecule has 0 fully saturated rings. The second kappa shape index (κ2) is 9.57. The molecule has 0 atom stereocenters. The minimum Gasteiger partial charge on any atom is -0.477 e. The summed E-state index contributed by atoms with van der Waals surface area (Å²) in [6, 6.07) is 11.5. The van der Waals surface area contributed by atoms with Crippen LogP contribution in [0.5, 0.6) is 5.88 Å². The Morgan fingerprint density at radius 1 is 1.26 bits per heavy atom. The molecule has 1 N–H and O–H groups in total. The molecule has 0 bridgehead atoms. The number of anilines is 1. The molecule has 9 nitrogen and oxygen atoms in total. The molecule has 0 saturated carbocycles. The number of unbranched alkanes of at least 4 members (excludes halogenated alkanes) is 1. The van der Waals surface area contributed by atoms with Crippen LogP contribution in [0.4, 0.5) is 5.95 Å². The maximum Gasteiger partial charge on any atom is 0.267 e. The van der Waals surface area contributed by atoms with Crippen molar-refractivity contribution >= 4 is 16.0 Å². The molecule has 10 heteroatoms. The zero-order valence-electron chi connectivity index (χ0n) is 17.6. The zero-order valence-corrected chi connectivity index (χ0v) is 18.4. The monoisotopic (exact) mass is 440 g/mol. The minimum atomic E-state index is -3.92. The molecule has 162 valence electrons. The number of nitrogens with zero attached hydrogens (tertiary/aromatic N) is 5. The zero-order chi connectivity index (χ0) is 22.4. The molecule has 0 saturated heterocycles. The first-order valence-electron chi connectivity index (χ1n) is 9.80. The second-order valence-corrected chi connectivity index (χ2v) is 8.90. The highest BCUT2D eigenvalue weighted by Crippen LogP contribution is 2.30. The number of aromatic nitrogens is 4. The van der Waals surface area contributed by atoms with Gasteiger partial charge < -0.3 is 4.74 Å². The van der Waals surface area contributed by atoms with Gasteiger partial charge in [-0.1, -0.05) is 38.1 Å². The van der Waals surface area contributed by atoms with Crippen LogP contribution in [0.15, 0.2) is 47.6 Å². The van der Waals surface area contributed by atoms with Crippen LogP contribution >= 0.6 is 0 Å². The van der Waals surface area contributed by atoms with E-state index in [1.54, 1.807) is 13.1 Å². The Bertz CT molecular complexity index is 1200. The van der Waals surface area contributed by atoms with Crippen molar-refractivity contribution in [3.05, 3.63) is 48.3 Å². The average molecular weight is 441 g/mol. The Balaban J connectivity index is 2.00. The van der Waals surface area contributed by atoms with E-state index in [9.17, 15) is 8.42 Å². The van der Waals surface area contributed by atoms with Gasteiger partial charge in [-0.2, -0.15) is 15.3 Å². The number of nitrogens with one attached hydrogen (secondary N) is 1. The fourth-order valence-corrected chi connectivity index (χ4v) is 3.89. The first-order valence-corrected chi connectivity index (χ1v) is 11.3. The molecule has 2 heterocycles. The highest BCUT2D eigenvalue weighted by molar-refractivity contribution is 7.92. The van der Waals surface area contributed by atoms with E-state index in [-0.39, 0.29) is 29.2 Å². The predicted octanol–water partition coefficient (Wildman–Crippen LogP) is 3.48. The molecule has 3 rings (SSSR count). The van der Waals surface area contributed by atoms with Crippen molar-refractivity contribution in [2.24, 2.45) is 7.05 Å². The van der Waals surface area contributed by atoms with Gasteiger partial charge in [-0.3, -0.25) is 4.68 Å². The lowest BCUT2D eigenvalue weighted by Gasteiger charge is -2.14. The highest BCUT2D eigenvalue weighted by atomic mass is 32.2. The molecule has 0 aliphatic rings. The fourth-order valence-electron chi connectivity index (χ4n) is 2.96. The maximum atomic E-state index is 12.7. The van der Waals surface area contributed by atoms with Gasteiger partial charge in [0.25, 0.3) is 10.0 Å².